The van der Waals surface area contributed by atoms with Crippen LogP contribution in [0.2, 0.25) is 0 Å². The smallest absolute Gasteiger partial charge is 0.122 e. The van der Waals surface area contributed by atoms with Crippen LogP contribution in [0.4, 0.5) is 0 Å². The van der Waals surface area contributed by atoms with Crippen molar-refractivity contribution in [2.75, 3.05) is 32.7 Å². The summed E-state index contributed by atoms with van der Waals surface area (Å²) >= 11 is 0. The van der Waals surface area contributed by atoms with Gasteiger partial charge in [-0.05, 0) is 36.0 Å². The minimum Gasteiger partial charge on any atom is -0.507 e. The van der Waals surface area contributed by atoms with Crippen LogP contribution < -0.4 is 5.32 Å². The molecule has 0 aliphatic carbocycles. The number of hydrogen-bond acceptors (Lipinski definition) is 3. The molecule has 1 aromatic carbocycles. The summed E-state index contributed by atoms with van der Waals surface area (Å²) in [4.78, 5) is 2.47. The highest BCUT2D eigenvalue weighted by molar-refractivity contribution is 5.46. The molecule has 0 amide bonds. The number of hydrogen-bond donors (Lipinski definition) is 2. The van der Waals surface area contributed by atoms with Crippen molar-refractivity contribution < 1.29 is 5.11 Å². The van der Waals surface area contributed by atoms with Gasteiger partial charge in [0.05, 0.1) is 0 Å². The van der Waals surface area contributed by atoms with Gasteiger partial charge < -0.3 is 15.3 Å². The van der Waals surface area contributed by atoms with E-state index in [0.29, 0.717) is 11.7 Å². The minimum atomic E-state index is 0.463. The Morgan fingerprint density at radius 1 is 1.26 bits per heavy atom. The molecule has 0 saturated carbocycles. The number of aryl methyl sites for hydroxylation is 1. The Morgan fingerprint density at radius 3 is 2.58 bits per heavy atom. The van der Waals surface area contributed by atoms with Gasteiger partial charge in [0.15, 0.2) is 0 Å². The predicted octanol–water partition coefficient (Wildman–Crippen LogP) is 2.27. The maximum absolute atomic E-state index is 10.3. The number of nitrogens with zero attached hydrogens (tertiary/aromatic N) is 1. The molecule has 1 heterocycles. The van der Waals surface area contributed by atoms with E-state index in [0.717, 1.165) is 50.3 Å². The highest BCUT2D eigenvalue weighted by Gasteiger charge is 2.15. The number of phenols is 1. The molecule has 0 aromatic heterocycles. The highest BCUT2D eigenvalue weighted by Crippen LogP contribution is 2.30. The van der Waals surface area contributed by atoms with Crippen LogP contribution >= 0.6 is 0 Å². The number of rotatable bonds is 4. The van der Waals surface area contributed by atoms with Crippen LogP contribution in [-0.2, 0) is 6.42 Å². The van der Waals surface area contributed by atoms with E-state index in [4.69, 9.17) is 0 Å². The largest absolute Gasteiger partial charge is 0.507 e. The van der Waals surface area contributed by atoms with Crippen molar-refractivity contribution in [3.05, 3.63) is 28.8 Å². The molecule has 106 valence electrons. The molecule has 1 fully saturated rings. The van der Waals surface area contributed by atoms with Gasteiger partial charge in [-0.2, -0.15) is 0 Å². The Hall–Kier alpha value is -1.06. The van der Waals surface area contributed by atoms with Crippen molar-refractivity contribution in [2.45, 2.75) is 33.1 Å². The maximum Gasteiger partial charge on any atom is 0.122 e. The summed E-state index contributed by atoms with van der Waals surface area (Å²) in [7, 11) is 0. The molecular weight excluding hydrogens is 236 g/mol. The van der Waals surface area contributed by atoms with Gasteiger partial charge in [-0.3, -0.25) is 0 Å². The van der Waals surface area contributed by atoms with E-state index in [2.05, 4.69) is 30.1 Å². The van der Waals surface area contributed by atoms with Crippen LogP contribution in [0.25, 0.3) is 0 Å². The summed E-state index contributed by atoms with van der Waals surface area (Å²) in [5, 5.41) is 13.7. The summed E-state index contributed by atoms with van der Waals surface area (Å²) in [5.74, 6) is 0.964. The first-order valence-corrected chi connectivity index (χ1v) is 7.34. The molecule has 0 atom stereocenters. The Bertz CT molecular complexity index is 423. The number of nitrogens with one attached hydrogen (secondary N) is 1. The van der Waals surface area contributed by atoms with Crippen molar-refractivity contribution in [2.24, 2.45) is 0 Å². The third-order valence-electron chi connectivity index (χ3n) is 4.03. The lowest BCUT2D eigenvalue weighted by Crippen LogP contribution is -2.44. The molecule has 19 heavy (non-hydrogen) atoms. The van der Waals surface area contributed by atoms with Crippen molar-refractivity contribution in [3.8, 4) is 5.75 Å². The fourth-order valence-electron chi connectivity index (χ4n) is 2.78. The quantitative estimate of drug-likeness (QED) is 0.874. The average molecular weight is 262 g/mol. The van der Waals surface area contributed by atoms with Gasteiger partial charge in [0, 0.05) is 32.7 Å². The van der Waals surface area contributed by atoms with Crippen LogP contribution in [0, 0.1) is 6.92 Å². The van der Waals surface area contributed by atoms with Gasteiger partial charge in [-0.15, -0.1) is 0 Å². The number of phenolic OH excluding ortho intramolecular Hbond substituents is 1. The van der Waals surface area contributed by atoms with Crippen molar-refractivity contribution in [1.29, 1.82) is 0 Å². The normalized spacial score (nSPS) is 17.1. The van der Waals surface area contributed by atoms with E-state index in [1.807, 2.05) is 13.0 Å². The van der Waals surface area contributed by atoms with Crippen molar-refractivity contribution in [1.82, 2.24) is 10.2 Å². The molecule has 2 rings (SSSR count). The Kier molecular flexibility index (Phi) is 4.83. The molecule has 0 spiro atoms. The Balaban J connectivity index is 2.11. The fraction of sp³-hybridized carbons (Fsp3) is 0.625. The third kappa shape index (κ3) is 3.48. The summed E-state index contributed by atoms with van der Waals surface area (Å²) in [6.07, 6.45) is 0.945. The zero-order valence-corrected chi connectivity index (χ0v) is 12.4. The molecule has 1 aliphatic rings. The zero-order chi connectivity index (χ0) is 13.8. The molecule has 2 N–H and O–H groups in total. The summed E-state index contributed by atoms with van der Waals surface area (Å²) in [6, 6.07) is 4.20. The monoisotopic (exact) mass is 262 g/mol. The first-order valence-electron chi connectivity index (χ1n) is 7.34. The summed E-state index contributed by atoms with van der Waals surface area (Å²) in [6.45, 7) is 11.8. The van der Waals surface area contributed by atoms with Crippen LogP contribution in [-0.4, -0.2) is 42.7 Å². The summed E-state index contributed by atoms with van der Waals surface area (Å²) < 4.78 is 0. The Morgan fingerprint density at radius 2 is 1.95 bits per heavy atom. The van der Waals surface area contributed by atoms with Crippen molar-refractivity contribution in [3.63, 3.8) is 0 Å². The molecule has 3 nitrogen and oxygen atoms in total. The molecule has 1 saturated heterocycles. The second-order valence-corrected chi connectivity index (χ2v) is 5.80. The van der Waals surface area contributed by atoms with E-state index in [1.54, 1.807) is 0 Å². The van der Waals surface area contributed by atoms with E-state index in [1.165, 1.54) is 5.56 Å². The lowest BCUT2D eigenvalue weighted by Gasteiger charge is -2.28. The average Bonchev–Trinajstić information content (AvgIpc) is 2.41. The van der Waals surface area contributed by atoms with Gasteiger partial charge in [-0.1, -0.05) is 26.0 Å². The number of aromatic hydroxyl groups is 1. The SMILES string of the molecule is Cc1ccc(C(C)C)c(CCN2CCNCC2)c1O. The third-order valence-corrected chi connectivity index (χ3v) is 4.03. The van der Waals surface area contributed by atoms with Gasteiger partial charge in [0.1, 0.15) is 5.75 Å². The fourth-order valence-corrected chi connectivity index (χ4v) is 2.78. The molecule has 3 heteroatoms. The van der Waals surface area contributed by atoms with Crippen LogP contribution in [0.5, 0.6) is 5.75 Å². The molecule has 0 radical (unpaired) electrons. The molecule has 0 bridgehead atoms. The molecule has 1 aliphatic heterocycles. The van der Waals surface area contributed by atoms with Gasteiger partial charge >= 0.3 is 0 Å². The lowest BCUT2D eigenvalue weighted by atomic mass is 9.92. The summed E-state index contributed by atoms with van der Waals surface area (Å²) in [5.41, 5.74) is 3.42. The van der Waals surface area contributed by atoms with Crippen LogP contribution in [0.15, 0.2) is 12.1 Å². The first-order chi connectivity index (χ1) is 9.09. The topological polar surface area (TPSA) is 35.5 Å². The van der Waals surface area contributed by atoms with E-state index in [-0.39, 0.29) is 0 Å². The molecule has 0 unspecified atom stereocenters. The lowest BCUT2D eigenvalue weighted by molar-refractivity contribution is 0.243. The highest BCUT2D eigenvalue weighted by atomic mass is 16.3. The zero-order valence-electron chi connectivity index (χ0n) is 12.4. The minimum absolute atomic E-state index is 0.463. The molecular formula is C16H26N2O. The second kappa shape index (κ2) is 6.40. The second-order valence-electron chi connectivity index (χ2n) is 5.80. The van der Waals surface area contributed by atoms with E-state index in [9.17, 15) is 5.11 Å². The predicted molar refractivity (Wildman–Crippen MR) is 79.9 cm³/mol. The maximum atomic E-state index is 10.3. The van der Waals surface area contributed by atoms with Crippen molar-refractivity contribution >= 4 is 0 Å². The Labute approximate surface area is 116 Å². The van der Waals surface area contributed by atoms with Gasteiger partial charge in [-0.25, -0.2) is 0 Å². The van der Waals surface area contributed by atoms with E-state index < -0.39 is 0 Å². The van der Waals surface area contributed by atoms with E-state index >= 15 is 0 Å². The molecule has 1 aromatic rings. The standard InChI is InChI=1S/C16H26N2O/c1-12(2)14-5-4-13(3)16(19)15(14)6-9-18-10-7-17-8-11-18/h4-5,12,17,19H,6-11H2,1-3H3. The van der Waals surface area contributed by atoms with Crippen LogP contribution in [0.3, 0.4) is 0 Å². The van der Waals surface area contributed by atoms with Gasteiger partial charge in [0.25, 0.3) is 0 Å². The van der Waals surface area contributed by atoms with Gasteiger partial charge in [0.2, 0.25) is 0 Å². The van der Waals surface area contributed by atoms with Crippen LogP contribution in [0.1, 0.15) is 36.5 Å². The number of piperazine rings is 1. The first kappa shape index (κ1) is 14.4. The number of benzene rings is 1.